The predicted molar refractivity (Wildman–Crippen MR) is 81.6 cm³/mol. The molecule has 0 aromatic heterocycles. The molecule has 3 nitrogen and oxygen atoms in total. The quantitative estimate of drug-likeness (QED) is 0.915. The van der Waals surface area contributed by atoms with E-state index in [0.29, 0.717) is 6.42 Å². The minimum atomic E-state index is -0.168. The zero-order valence-electron chi connectivity index (χ0n) is 11.6. The topological polar surface area (TPSA) is 44.5 Å². The molecule has 0 amide bonds. The van der Waals surface area contributed by atoms with E-state index < -0.39 is 0 Å². The fourth-order valence-electron chi connectivity index (χ4n) is 2.06. The molecule has 2 aromatic carbocycles. The lowest BCUT2D eigenvalue weighted by Crippen LogP contribution is -2.14. The molecule has 2 N–H and O–H groups in total. The summed E-state index contributed by atoms with van der Waals surface area (Å²) in [7, 11) is 3.25. The normalized spacial score (nSPS) is 12.0. The first-order chi connectivity index (χ1) is 9.63. The average Bonchev–Trinajstić information content (AvgIpc) is 2.48. The maximum absolute atomic E-state index is 6.27. The molecule has 0 bridgehead atoms. The SMILES string of the molecule is COc1cc(OC)cc(C(N)Cc2ccccc2Cl)c1. The van der Waals surface area contributed by atoms with Gasteiger partial charge in [-0.15, -0.1) is 0 Å². The van der Waals surface area contributed by atoms with Gasteiger partial charge < -0.3 is 15.2 Å². The fraction of sp³-hybridized carbons (Fsp3) is 0.250. The van der Waals surface area contributed by atoms with E-state index in [1.165, 1.54) is 0 Å². The fourth-order valence-corrected chi connectivity index (χ4v) is 2.28. The maximum atomic E-state index is 6.27. The molecule has 0 spiro atoms. The Morgan fingerprint density at radius 3 is 2.20 bits per heavy atom. The van der Waals surface area contributed by atoms with E-state index in [4.69, 9.17) is 26.8 Å². The first-order valence-electron chi connectivity index (χ1n) is 6.36. The molecule has 0 aliphatic carbocycles. The summed E-state index contributed by atoms with van der Waals surface area (Å²) in [5.74, 6) is 1.46. The Morgan fingerprint density at radius 2 is 1.65 bits per heavy atom. The second-order valence-electron chi connectivity index (χ2n) is 4.55. The molecule has 2 rings (SSSR count). The van der Waals surface area contributed by atoms with Crippen molar-refractivity contribution >= 4 is 11.6 Å². The van der Waals surface area contributed by atoms with Gasteiger partial charge in [0.05, 0.1) is 14.2 Å². The minimum absolute atomic E-state index is 0.168. The number of methoxy groups -OCH3 is 2. The second kappa shape index (κ2) is 6.64. The number of halogens is 1. The molecule has 4 heteroatoms. The van der Waals surface area contributed by atoms with Gasteiger partial charge in [0, 0.05) is 17.1 Å². The Kier molecular flexibility index (Phi) is 4.88. The Bertz CT molecular complexity index is 564. The van der Waals surface area contributed by atoms with Crippen LogP contribution in [0.4, 0.5) is 0 Å². The van der Waals surface area contributed by atoms with Gasteiger partial charge in [-0.1, -0.05) is 29.8 Å². The van der Waals surface area contributed by atoms with E-state index in [9.17, 15) is 0 Å². The van der Waals surface area contributed by atoms with Gasteiger partial charge in [0.15, 0.2) is 0 Å². The summed E-state index contributed by atoms with van der Waals surface area (Å²) in [6.45, 7) is 0. The van der Waals surface area contributed by atoms with Crippen LogP contribution in [0.2, 0.25) is 5.02 Å². The van der Waals surface area contributed by atoms with Crippen molar-refractivity contribution in [3.05, 3.63) is 58.6 Å². The minimum Gasteiger partial charge on any atom is -0.497 e. The van der Waals surface area contributed by atoms with E-state index in [2.05, 4.69) is 0 Å². The summed E-state index contributed by atoms with van der Waals surface area (Å²) < 4.78 is 10.5. The van der Waals surface area contributed by atoms with Crippen molar-refractivity contribution in [2.45, 2.75) is 12.5 Å². The van der Waals surface area contributed by atoms with Gasteiger partial charge in [0.25, 0.3) is 0 Å². The van der Waals surface area contributed by atoms with Crippen LogP contribution in [0.5, 0.6) is 11.5 Å². The molecular weight excluding hydrogens is 274 g/mol. The van der Waals surface area contributed by atoms with Crippen LogP contribution in [-0.4, -0.2) is 14.2 Å². The van der Waals surface area contributed by atoms with Crippen molar-refractivity contribution in [2.24, 2.45) is 5.73 Å². The molecule has 0 saturated heterocycles. The summed E-state index contributed by atoms with van der Waals surface area (Å²) >= 11 is 6.17. The third-order valence-electron chi connectivity index (χ3n) is 3.20. The smallest absolute Gasteiger partial charge is 0.122 e. The summed E-state index contributed by atoms with van der Waals surface area (Å²) in [5.41, 5.74) is 8.26. The van der Waals surface area contributed by atoms with E-state index in [0.717, 1.165) is 27.6 Å². The standard InChI is InChI=1S/C16H18ClNO2/c1-19-13-7-12(8-14(10-13)20-2)16(18)9-11-5-3-4-6-15(11)17/h3-8,10,16H,9,18H2,1-2H3. The number of hydrogen-bond donors (Lipinski definition) is 1. The highest BCUT2D eigenvalue weighted by Crippen LogP contribution is 2.28. The molecule has 1 atom stereocenters. The third kappa shape index (κ3) is 3.44. The summed E-state index contributed by atoms with van der Waals surface area (Å²) in [6, 6.07) is 13.2. The van der Waals surface area contributed by atoms with Crippen LogP contribution in [-0.2, 0) is 6.42 Å². The van der Waals surface area contributed by atoms with Crippen molar-refractivity contribution < 1.29 is 9.47 Å². The van der Waals surface area contributed by atoms with Gasteiger partial charge in [0.2, 0.25) is 0 Å². The molecule has 0 aliphatic rings. The van der Waals surface area contributed by atoms with Crippen LogP contribution in [0.25, 0.3) is 0 Å². The Balaban J connectivity index is 2.24. The summed E-state index contributed by atoms with van der Waals surface area (Å²) in [4.78, 5) is 0. The Labute approximate surface area is 124 Å². The molecule has 0 aliphatic heterocycles. The lowest BCUT2D eigenvalue weighted by Gasteiger charge is -2.15. The summed E-state index contributed by atoms with van der Waals surface area (Å²) in [5, 5.41) is 0.734. The van der Waals surface area contributed by atoms with Crippen molar-refractivity contribution in [1.82, 2.24) is 0 Å². The number of ether oxygens (including phenoxy) is 2. The van der Waals surface area contributed by atoms with Gasteiger partial charge in [-0.3, -0.25) is 0 Å². The number of nitrogens with two attached hydrogens (primary N) is 1. The Morgan fingerprint density at radius 1 is 1.05 bits per heavy atom. The van der Waals surface area contributed by atoms with E-state index in [-0.39, 0.29) is 6.04 Å². The van der Waals surface area contributed by atoms with Crippen LogP contribution in [0.3, 0.4) is 0 Å². The van der Waals surface area contributed by atoms with Crippen molar-refractivity contribution in [3.8, 4) is 11.5 Å². The van der Waals surface area contributed by atoms with E-state index in [1.807, 2.05) is 42.5 Å². The average molecular weight is 292 g/mol. The van der Waals surface area contributed by atoms with Gasteiger partial charge in [0.1, 0.15) is 11.5 Å². The van der Waals surface area contributed by atoms with Crippen LogP contribution in [0, 0.1) is 0 Å². The zero-order valence-corrected chi connectivity index (χ0v) is 12.4. The Hall–Kier alpha value is -1.71. The maximum Gasteiger partial charge on any atom is 0.122 e. The molecule has 20 heavy (non-hydrogen) atoms. The predicted octanol–water partition coefficient (Wildman–Crippen LogP) is 3.60. The largest absolute Gasteiger partial charge is 0.497 e. The number of rotatable bonds is 5. The van der Waals surface area contributed by atoms with Crippen molar-refractivity contribution in [1.29, 1.82) is 0 Å². The highest BCUT2D eigenvalue weighted by molar-refractivity contribution is 6.31. The molecule has 2 aromatic rings. The van der Waals surface area contributed by atoms with Crippen LogP contribution in [0.15, 0.2) is 42.5 Å². The van der Waals surface area contributed by atoms with Crippen LogP contribution >= 0.6 is 11.6 Å². The van der Waals surface area contributed by atoms with Gasteiger partial charge in [-0.2, -0.15) is 0 Å². The molecule has 0 radical (unpaired) electrons. The third-order valence-corrected chi connectivity index (χ3v) is 3.57. The lowest BCUT2D eigenvalue weighted by molar-refractivity contribution is 0.392. The van der Waals surface area contributed by atoms with Crippen molar-refractivity contribution in [3.63, 3.8) is 0 Å². The first kappa shape index (κ1) is 14.7. The van der Waals surface area contributed by atoms with Gasteiger partial charge in [-0.25, -0.2) is 0 Å². The molecule has 1 unspecified atom stereocenters. The first-order valence-corrected chi connectivity index (χ1v) is 6.73. The van der Waals surface area contributed by atoms with Crippen LogP contribution < -0.4 is 15.2 Å². The number of benzene rings is 2. The highest BCUT2D eigenvalue weighted by Gasteiger charge is 2.12. The number of hydrogen-bond acceptors (Lipinski definition) is 3. The molecule has 0 saturated carbocycles. The zero-order chi connectivity index (χ0) is 14.5. The van der Waals surface area contributed by atoms with Crippen molar-refractivity contribution in [2.75, 3.05) is 14.2 Å². The highest BCUT2D eigenvalue weighted by atomic mass is 35.5. The second-order valence-corrected chi connectivity index (χ2v) is 4.96. The van der Waals surface area contributed by atoms with Crippen LogP contribution in [0.1, 0.15) is 17.2 Å². The van der Waals surface area contributed by atoms with E-state index >= 15 is 0 Å². The van der Waals surface area contributed by atoms with Gasteiger partial charge in [-0.05, 0) is 35.7 Å². The lowest BCUT2D eigenvalue weighted by atomic mass is 9.99. The monoisotopic (exact) mass is 291 g/mol. The molecule has 0 fully saturated rings. The van der Waals surface area contributed by atoms with E-state index in [1.54, 1.807) is 14.2 Å². The molecular formula is C16H18ClNO2. The molecule has 106 valence electrons. The van der Waals surface area contributed by atoms with Gasteiger partial charge >= 0.3 is 0 Å². The molecule has 0 heterocycles. The summed E-state index contributed by atoms with van der Waals surface area (Å²) in [6.07, 6.45) is 0.663.